The molecule has 0 fully saturated rings. The van der Waals surface area contributed by atoms with Crippen molar-refractivity contribution in [3.8, 4) is 0 Å². The number of amides is 2. The summed E-state index contributed by atoms with van der Waals surface area (Å²) in [5, 5.41) is 5.34. The van der Waals surface area contributed by atoms with Gasteiger partial charge in [0.15, 0.2) is 0 Å². The second-order valence-corrected chi connectivity index (χ2v) is 4.13. The first-order valence-electron chi connectivity index (χ1n) is 5.57. The molecule has 0 saturated heterocycles. The number of carbonyl (C=O) groups is 1. The molecule has 3 nitrogen and oxygen atoms in total. The minimum Gasteiger partial charge on any atom is -0.341 e. The van der Waals surface area contributed by atoms with E-state index in [0.29, 0.717) is 6.54 Å². The van der Waals surface area contributed by atoms with E-state index in [1.807, 2.05) is 0 Å². The number of rotatable bonds is 3. The van der Waals surface area contributed by atoms with E-state index in [2.05, 4.69) is 43.5 Å². The lowest BCUT2D eigenvalue weighted by Gasteiger charge is -2.11. The molecular weight excluding hydrogens is 200 g/mol. The zero-order valence-electron chi connectivity index (χ0n) is 10.5. The molecule has 2 N–H and O–H groups in total. The third kappa shape index (κ3) is 3.26. The Morgan fingerprint density at radius 3 is 2.25 bits per heavy atom. The Balaban J connectivity index is 2.64. The largest absolute Gasteiger partial charge is 0.341 e. The molecule has 0 spiro atoms. The molecule has 0 aliphatic carbocycles. The molecule has 88 valence electrons. The van der Waals surface area contributed by atoms with Crippen molar-refractivity contribution in [2.75, 3.05) is 13.6 Å². The first kappa shape index (κ1) is 12.6. The highest BCUT2D eigenvalue weighted by molar-refractivity contribution is 5.73. The van der Waals surface area contributed by atoms with Gasteiger partial charge in [0, 0.05) is 13.6 Å². The second kappa shape index (κ2) is 5.54. The Morgan fingerprint density at radius 1 is 1.19 bits per heavy atom. The van der Waals surface area contributed by atoms with Crippen LogP contribution >= 0.6 is 0 Å². The standard InChI is InChI=1S/C13H20N2O/c1-9-7-10(2)12(11(3)8-9)5-6-15-13(16)14-4/h7-8H,5-6H2,1-4H3,(H2,14,15,16). The van der Waals surface area contributed by atoms with E-state index in [1.54, 1.807) is 7.05 Å². The Labute approximate surface area is 97.2 Å². The summed E-state index contributed by atoms with van der Waals surface area (Å²) in [7, 11) is 1.62. The lowest BCUT2D eigenvalue weighted by atomic mass is 9.97. The third-order valence-electron chi connectivity index (χ3n) is 2.73. The van der Waals surface area contributed by atoms with Crippen LogP contribution in [-0.2, 0) is 6.42 Å². The molecule has 0 aliphatic heterocycles. The molecule has 0 heterocycles. The molecule has 16 heavy (non-hydrogen) atoms. The molecule has 0 unspecified atom stereocenters. The van der Waals surface area contributed by atoms with Gasteiger partial charge in [-0.3, -0.25) is 0 Å². The van der Waals surface area contributed by atoms with Crippen molar-refractivity contribution >= 4 is 6.03 Å². The molecule has 0 aliphatic rings. The van der Waals surface area contributed by atoms with Gasteiger partial charge in [-0.2, -0.15) is 0 Å². The van der Waals surface area contributed by atoms with Crippen molar-refractivity contribution in [2.24, 2.45) is 0 Å². The van der Waals surface area contributed by atoms with E-state index in [-0.39, 0.29) is 6.03 Å². The van der Waals surface area contributed by atoms with Gasteiger partial charge in [-0.05, 0) is 43.9 Å². The van der Waals surface area contributed by atoms with Gasteiger partial charge in [-0.25, -0.2) is 4.79 Å². The Morgan fingerprint density at radius 2 is 1.75 bits per heavy atom. The highest BCUT2D eigenvalue weighted by atomic mass is 16.2. The minimum atomic E-state index is -0.123. The summed E-state index contributed by atoms with van der Waals surface area (Å²) in [5.74, 6) is 0. The number of benzene rings is 1. The van der Waals surface area contributed by atoms with Crippen LogP contribution < -0.4 is 10.6 Å². The van der Waals surface area contributed by atoms with Crippen molar-refractivity contribution in [2.45, 2.75) is 27.2 Å². The van der Waals surface area contributed by atoms with Gasteiger partial charge in [0.05, 0.1) is 0 Å². The maximum Gasteiger partial charge on any atom is 0.314 e. The average Bonchev–Trinajstić information content (AvgIpc) is 2.21. The van der Waals surface area contributed by atoms with Crippen LogP contribution in [0.5, 0.6) is 0 Å². The topological polar surface area (TPSA) is 41.1 Å². The number of hydrogen-bond acceptors (Lipinski definition) is 1. The molecule has 3 heteroatoms. The number of carbonyl (C=O) groups excluding carboxylic acids is 1. The van der Waals surface area contributed by atoms with Crippen LogP contribution in [0.15, 0.2) is 12.1 Å². The van der Waals surface area contributed by atoms with Crippen molar-refractivity contribution in [1.29, 1.82) is 0 Å². The Hall–Kier alpha value is -1.51. The van der Waals surface area contributed by atoms with Gasteiger partial charge in [-0.1, -0.05) is 17.7 Å². The zero-order chi connectivity index (χ0) is 12.1. The molecule has 1 aromatic rings. The molecular formula is C13H20N2O. The van der Waals surface area contributed by atoms with Crippen LogP contribution in [0.4, 0.5) is 4.79 Å². The summed E-state index contributed by atoms with van der Waals surface area (Å²) >= 11 is 0. The monoisotopic (exact) mass is 220 g/mol. The van der Waals surface area contributed by atoms with Crippen LogP contribution in [0.3, 0.4) is 0 Å². The van der Waals surface area contributed by atoms with Gasteiger partial charge in [0.2, 0.25) is 0 Å². The number of hydrogen-bond donors (Lipinski definition) is 2. The summed E-state index contributed by atoms with van der Waals surface area (Å²) in [5.41, 5.74) is 5.23. The van der Waals surface area contributed by atoms with Crippen LogP contribution in [0.1, 0.15) is 22.3 Å². The SMILES string of the molecule is CNC(=O)NCCc1c(C)cc(C)cc1C. The van der Waals surface area contributed by atoms with E-state index in [1.165, 1.54) is 22.3 Å². The number of urea groups is 1. The normalized spacial score (nSPS) is 10.0. The highest BCUT2D eigenvalue weighted by Crippen LogP contribution is 2.16. The van der Waals surface area contributed by atoms with E-state index >= 15 is 0 Å². The van der Waals surface area contributed by atoms with Crippen LogP contribution in [-0.4, -0.2) is 19.6 Å². The fraction of sp³-hybridized carbons (Fsp3) is 0.462. The molecule has 1 aromatic carbocycles. The predicted octanol–water partition coefficient (Wildman–Crippen LogP) is 2.08. The highest BCUT2D eigenvalue weighted by Gasteiger charge is 2.04. The summed E-state index contributed by atoms with van der Waals surface area (Å²) in [6, 6.07) is 4.24. The van der Waals surface area contributed by atoms with E-state index in [9.17, 15) is 4.79 Å². The van der Waals surface area contributed by atoms with Crippen LogP contribution in [0.25, 0.3) is 0 Å². The Kier molecular flexibility index (Phi) is 4.35. The summed E-state index contributed by atoms with van der Waals surface area (Å²) in [6.07, 6.45) is 0.880. The molecule has 0 saturated carbocycles. The second-order valence-electron chi connectivity index (χ2n) is 4.13. The van der Waals surface area contributed by atoms with Crippen LogP contribution in [0, 0.1) is 20.8 Å². The predicted molar refractivity (Wildman–Crippen MR) is 66.8 cm³/mol. The van der Waals surface area contributed by atoms with Crippen molar-refractivity contribution in [3.05, 3.63) is 34.4 Å². The lowest BCUT2D eigenvalue weighted by molar-refractivity contribution is 0.243. The molecule has 2 amide bonds. The van der Waals surface area contributed by atoms with Gasteiger partial charge >= 0.3 is 6.03 Å². The number of nitrogens with one attached hydrogen (secondary N) is 2. The average molecular weight is 220 g/mol. The van der Waals surface area contributed by atoms with Crippen LogP contribution in [0.2, 0.25) is 0 Å². The maximum atomic E-state index is 11.0. The fourth-order valence-electron chi connectivity index (χ4n) is 1.99. The summed E-state index contributed by atoms with van der Waals surface area (Å²) in [6.45, 7) is 7.02. The molecule has 0 aromatic heterocycles. The summed E-state index contributed by atoms with van der Waals surface area (Å²) < 4.78 is 0. The van der Waals surface area contributed by atoms with E-state index in [0.717, 1.165) is 6.42 Å². The zero-order valence-corrected chi connectivity index (χ0v) is 10.5. The smallest absolute Gasteiger partial charge is 0.314 e. The van der Waals surface area contributed by atoms with Crippen molar-refractivity contribution in [1.82, 2.24) is 10.6 Å². The minimum absolute atomic E-state index is 0.123. The van der Waals surface area contributed by atoms with E-state index < -0.39 is 0 Å². The molecule has 0 atom stereocenters. The van der Waals surface area contributed by atoms with Gasteiger partial charge in [-0.15, -0.1) is 0 Å². The first-order chi connectivity index (χ1) is 7.54. The fourth-order valence-corrected chi connectivity index (χ4v) is 1.99. The van der Waals surface area contributed by atoms with Gasteiger partial charge in [0.25, 0.3) is 0 Å². The maximum absolute atomic E-state index is 11.0. The molecule has 1 rings (SSSR count). The lowest BCUT2D eigenvalue weighted by Crippen LogP contribution is -2.34. The number of aryl methyl sites for hydroxylation is 3. The van der Waals surface area contributed by atoms with Crippen molar-refractivity contribution < 1.29 is 4.79 Å². The van der Waals surface area contributed by atoms with E-state index in [4.69, 9.17) is 0 Å². The molecule has 0 radical (unpaired) electrons. The summed E-state index contributed by atoms with van der Waals surface area (Å²) in [4.78, 5) is 11.0. The van der Waals surface area contributed by atoms with Crippen molar-refractivity contribution in [3.63, 3.8) is 0 Å². The Bertz CT molecular complexity index is 363. The first-order valence-corrected chi connectivity index (χ1v) is 5.57. The molecule has 0 bridgehead atoms. The quantitative estimate of drug-likeness (QED) is 0.804. The van der Waals surface area contributed by atoms with Gasteiger partial charge in [0.1, 0.15) is 0 Å². The third-order valence-corrected chi connectivity index (χ3v) is 2.73. The van der Waals surface area contributed by atoms with Gasteiger partial charge < -0.3 is 10.6 Å².